The van der Waals surface area contributed by atoms with Crippen LogP contribution < -0.4 is 4.90 Å². The lowest BCUT2D eigenvalue weighted by molar-refractivity contribution is -0.146. The number of carboxylic acid groups (broad SMARTS) is 1. The van der Waals surface area contributed by atoms with Gasteiger partial charge in [-0.2, -0.15) is 0 Å². The summed E-state index contributed by atoms with van der Waals surface area (Å²) < 4.78 is 0.776. The number of hydrogen-bond donors (Lipinski definition) is 1. The molecule has 0 spiro atoms. The summed E-state index contributed by atoms with van der Waals surface area (Å²) in [6.45, 7) is 0. The quantitative estimate of drug-likeness (QED) is 0.783. The molecule has 1 amide bonds. The van der Waals surface area contributed by atoms with E-state index in [-0.39, 0.29) is 6.42 Å². The van der Waals surface area contributed by atoms with Crippen molar-refractivity contribution in [1.82, 2.24) is 4.98 Å². The average Bonchev–Trinajstić information content (AvgIpc) is 2.22. The molecule has 1 aliphatic rings. The number of amides is 1. The molecule has 1 aliphatic heterocycles. The molecule has 1 unspecified atom stereocenters. The molecular weight excluding hydrogens is 276 g/mol. The Balaban J connectivity index is 2.48. The fraction of sp³-hybridized carbons (Fsp3) is 0.300. The van der Waals surface area contributed by atoms with Crippen LogP contribution in [0, 0.1) is 5.92 Å². The lowest BCUT2D eigenvalue weighted by atomic mass is 9.94. The highest BCUT2D eigenvalue weighted by atomic mass is 79.9. The Hall–Kier alpha value is -1.43. The second-order valence-electron chi connectivity index (χ2n) is 3.63. The number of halogens is 1. The molecule has 5 nitrogen and oxygen atoms in total. The van der Waals surface area contributed by atoms with Gasteiger partial charge in [-0.15, -0.1) is 0 Å². The molecule has 1 N–H and O–H groups in total. The van der Waals surface area contributed by atoms with Crippen LogP contribution in [0.2, 0.25) is 0 Å². The minimum Gasteiger partial charge on any atom is -0.481 e. The Morgan fingerprint density at radius 3 is 3.00 bits per heavy atom. The summed E-state index contributed by atoms with van der Waals surface area (Å²) in [6.07, 6.45) is 1.78. The van der Waals surface area contributed by atoms with Gasteiger partial charge in [0.15, 0.2) is 0 Å². The Morgan fingerprint density at radius 2 is 2.38 bits per heavy atom. The van der Waals surface area contributed by atoms with Gasteiger partial charge in [0, 0.05) is 17.7 Å². The Labute approximate surface area is 100 Å². The number of aliphatic carboxylic acids is 1. The van der Waals surface area contributed by atoms with Crippen molar-refractivity contribution in [2.24, 2.45) is 5.92 Å². The number of carbonyl (C=O) groups is 2. The summed E-state index contributed by atoms with van der Waals surface area (Å²) in [4.78, 5) is 28.0. The van der Waals surface area contributed by atoms with Crippen LogP contribution in [0.5, 0.6) is 0 Å². The lowest BCUT2D eigenvalue weighted by Gasteiger charge is -2.28. The van der Waals surface area contributed by atoms with Crippen molar-refractivity contribution >= 4 is 33.6 Å². The van der Waals surface area contributed by atoms with Gasteiger partial charge in [-0.05, 0) is 34.0 Å². The van der Waals surface area contributed by atoms with Gasteiger partial charge in [-0.3, -0.25) is 14.5 Å². The Bertz CT molecular complexity index is 475. The van der Waals surface area contributed by atoms with Crippen LogP contribution >= 0.6 is 15.9 Å². The van der Waals surface area contributed by atoms with Crippen molar-refractivity contribution in [2.75, 3.05) is 11.9 Å². The normalized spacial score (nSPS) is 19.5. The first-order chi connectivity index (χ1) is 7.50. The predicted molar refractivity (Wildman–Crippen MR) is 60.2 cm³/mol. The van der Waals surface area contributed by atoms with E-state index in [1.807, 2.05) is 0 Å². The largest absolute Gasteiger partial charge is 0.481 e. The summed E-state index contributed by atoms with van der Waals surface area (Å²) in [5, 5.41) is 8.94. The number of hydrogen-bond acceptors (Lipinski definition) is 3. The first-order valence-corrected chi connectivity index (χ1v) is 5.45. The van der Waals surface area contributed by atoms with Crippen LogP contribution in [0.25, 0.3) is 0 Å². The van der Waals surface area contributed by atoms with Gasteiger partial charge in [0.1, 0.15) is 11.7 Å². The van der Waals surface area contributed by atoms with Crippen LogP contribution in [0.15, 0.2) is 16.7 Å². The maximum Gasteiger partial charge on any atom is 0.316 e. The van der Waals surface area contributed by atoms with Gasteiger partial charge >= 0.3 is 5.97 Å². The van der Waals surface area contributed by atoms with Crippen LogP contribution in [0.3, 0.4) is 0 Å². The molecule has 1 atom stereocenters. The Kier molecular flexibility index (Phi) is 2.67. The van der Waals surface area contributed by atoms with E-state index in [9.17, 15) is 9.59 Å². The highest BCUT2D eigenvalue weighted by molar-refractivity contribution is 9.10. The topological polar surface area (TPSA) is 70.5 Å². The maximum atomic E-state index is 11.7. The highest BCUT2D eigenvalue weighted by Gasteiger charge is 2.36. The van der Waals surface area contributed by atoms with E-state index >= 15 is 0 Å². The van der Waals surface area contributed by atoms with Gasteiger partial charge in [-0.1, -0.05) is 0 Å². The highest BCUT2D eigenvalue weighted by Crippen LogP contribution is 2.29. The summed E-state index contributed by atoms with van der Waals surface area (Å²) >= 11 is 3.27. The van der Waals surface area contributed by atoms with E-state index in [4.69, 9.17) is 5.11 Å². The molecule has 0 saturated heterocycles. The Morgan fingerprint density at radius 1 is 1.69 bits per heavy atom. The summed E-state index contributed by atoms with van der Waals surface area (Å²) in [5.41, 5.74) is 0.767. The molecule has 0 saturated carbocycles. The molecule has 16 heavy (non-hydrogen) atoms. The average molecular weight is 285 g/mol. The monoisotopic (exact) mass is 284 g/mol. The van der Waals surface area contributed by atoms with E-state index < -0.39 is 17.8 Å². The molecule has 84 valence electrons. The standard InChI is InChI=1S/C10H9BrN2O3/c1-13-8-5(2-6(11)4-12-8)3-7(9(13)14)10(15)16/h2,4,7H,3H2,1H3,(H,15,16). The molecular formula is C10H9BrN2O3. The maximum absolute atomic E-state index is 11.7. The molecule has 1 aromatic heterocycles. The third-order valence-corrected chi connectivity index (χ3v) is 3.01. The van der Waals surface area contributed by atoms with Crippen LogP contribution in [-0.2, 0) is 16.0 Å². The van der Waals surface area contributed by atoms with E-state index in [2.05, 4.69) is 20.9 Å². The number of carboxylic acids is 1. The van der Waals surface area contributed by atoms with Crippen LogP contribution in [-0.4, -0.2) is 29.0 Å². The molecule has 1 aromatic rings. The molecule has 0 radical (unpaired) electrons. The zero-order valence-electron chi connectivity index (χ0n) is 8.48. The molecule has 0 fully saturated rings. The van der Waals surface area contributed by atoms with Gasteiger partial charge < -0.3 is 5.11 Å². The minimum absolute atomic E-state index is 0.195. The fourth-order valence-corrected chi connectivity index (χ4v) is 2.14. The van der Waals surface area contributed by atoms with Crippen molar-refractivity contribution in [1.29, 1.82) is 0 Å². The second kappa shape index (κ2) is 3.86. The van der Waals surface area contributed by atoms with Crippen molar-refractivity contribution < 1.29 is 14.7 Å². The molecule has 0 bridgehead atoms. The van der Waals surface area contributed by atoms with Crippen molar-refractivity contribution in [3.63, 3.8) is 0 Å². The third-order valence-electron chi connectivity index (χ3n) is 2.58. The van der Waals surface area contributed by atoms with E-state index in [0.29, 0.717) is 5.82 Å². The number of pyridine rings is 1. The number of rotatable bonds is 1. The molecule has 2 rings (SSSR count). The van der Waals surface area contributed by atoms with Crippen molar-refractivity contribution in [3.8, 4) is 0 Å². The van der Waals surface area contributed by atoms with Gasteiger partial charge in [-0.25, -0.2) is 4.98 Å². The summed E-state index contributed by atoms with van der Waals surface area (Å²) in [6, 6.07) is 1.79. The number of carbonyl (C=O) groups excluding carboxylic acids is 1. The van der Waals surface area contributed by atoms with E-state index in [1.165, 1.54) is 11.9 Å². The lowest BCUT2D eigenvalue weighted by Crippen LogP contribution is -2.42. The molecule has 6 heteroatoms. The van der Waals surface area contributed by atoms with Crippen molar-refractivity contribution in [3.05, 3.63) is 22.3 Å². The van der Waals surface area contributed by atoms with Gasteiger partial charge in [0.05, 0.1) is 0 Å². The number of anilines is 1. The zero-order chi connectivity index (χ0) is 11.9. The number of fused-ring (bicyclic) bond motifs is 1. The number of aromatic nitrogens is 1. The summed E-state index contributed by atoms with van der Waals surface area (Å²) in [7, 11) is 1.54. The SMILES string of the molecule is CN1C(=O)C(C(=O)O)Cc2cc(Br)cnc21. The molecule has 0 aliphatic carbocycles. The fourth-order valence-electron chi connectivity index (χ4n) is 1.76. The summed E-state index contributed by atoms with van der Waals surface area (Å²) in [5.74, 6) is -1.99. The number of nitrogens with zero attached hydrogens (tertiary/aromatic N) is 2. The second-order valence-corrected chi connectivity index (χ2v) is 4.54. The minimum atomic E-state index is -1.09. The molecule has 0 aromatic carbocycles. The van der Waals surface area contributed by atoms with Gasteiger partial charge in [0.2, 0.25) is 5.91 Å². The van der Waals surface area contributed by atoms with Crippen LogP contribution in [0.4, 0.5) is 5.82 Å². The van der Waals surface area contributed by atoms with Gasteiger partial charge in [0.25, 0.3) is 0 Å². The molecule has 2 heterocycles. The van der Waals surface area contributed by atoms with E-state index in [0.717, 1.165) is 10.0 Å². The van der Waals surface area contributed by atoms with Crippen molar-refractivity contribution in [2.45, 2.75) is 6.42 Å². The van der Waals surface area contributed by atoms with E-state index in [1.54, 1.807) is 12.3 Å². The first-order valence-electron chi connectivity index (χ1n) is 4.65. The zero-order valence-corrected chi connectivity index (χ0v) is 10.1. The van der Waals surface area contributed by atoms with Crippen LogP contribution in [0.1, 0.15) is 5.56 Å². The smallest absolute Gasteiger partial charge is 0.316 e. The third kappa shape index (κ3) is 1.69. The first kappa shape index (κ1) is 11.1. The predicted octanol–water partition coefficient (Wildman–Crippen LogP) is 1.06.